The molecule has 2 spiro atoms. The van der Waals surface area contributed by atoms with E-state index in [9.17, 15) is 15.3 Å². The molecule has 4 aliphatic carbocycles. The van der Waals surface area contributed by atoms with Gasteiger partial charge in [-0.25, -0.2) is 0 Å². The zero-order valence-electron chi connectivity index (χ0n) is 37.0. The van der Waals surface area contributed by atoms with Crippen LogP contribution in [0.5, 0.6) is 23.0 Å². The number of hydrogen-bond donors (Lipinski definition) is 3. The molecule has 2 saturated heterocycles. The molecule has 326 valence electrons. The number of nitrogens with zero attached hydrogens (tertiary/aromatic N) is 2. The van der Waals surface area contributed by atoms with Crippen LogP contribution < -0.4 is 122 Å². The molecule has 2 aromatic rings. The van der Waals surface area contributed by atoms with Crippen LogP contribution in [0.4, 0.5) is 0 Å². The Morgan fingerprint density at radius 2 is 1.30 bits per heavy atom. The monoisotopic (exact) mass is 922 g/mol. The van der Waals surface area contributed by atoms with Gasteiger partial charge < -0.3 is 69.8 Å². The van der Waals surface area contributed by atoms with Crippen molar-refractivity contribution in [2.45, 2.75) is 73.0 Å². The number of carbonyl (C=O) groups excluding carboxylic acids is 1. The largest absolute Gasteiger partial charge is 1.00 e. The summed E-state index contributed by atoms with van der Waals surface area (Å²) in [7, 11) is 7.67. The number of alkyl halides is 1. The number of phenolic OH excluding ortho intramolecular Hbond substituents is 1. The summed E-state index contributed by atoms with van der Waals surface area (Å²) in [5, 5.41) is 39.8. The fraction of sp³-hybridized carbons (Fsp3) is 0.605. The van der Waals surface area contributed by atoms with Gasteiger partial charge in [0.2, 0.25) is 0 Å². The number of methoxy groups -OCH3 is 2. The second-order valence-electron chi connectivity index (χ2n) is 16.2. The minimum absolute atomic E-state index is 0. The van der Waals surface area contributed by atoms with E-state index in [2.05, 4.69) is 51.7 Å². The van der Waals surface area contributed by atoms with E-state index in [4.69, 9.17) is 50.1 Å². The second-order valence-corrected chi connectivity index (χ2v) is 16.4. The molecule has 0 radical (unpaired) electrons. The van der Waals surface area contributed by atoms with E-state index < -0.39 is 12.2 Å². The molecule has 8 aliphatic rings. The third-order valence-electron chi connectivity index (χ3n) is 13.6. The van der Waals surface area contributed by atoms with E-state index in [1.54, 1.807) is 20.3 Å². The zero-order chi connectivity index (χ0) is 41.9. The standard InChI is InChI=1S/C21H27NO5.C17H19NO3.C4H9ClO2.CH2O3.2K.H/c1-22-8-7-21-14-4-5-16(23)20(21)27-19-17(26-12-25-10-9-24-2)6-3-13(18(19)21)11-15(14)22;1-18-7-6-17-10-3-5-13(20)16(17)21-15-12(19)4-2-9(14(15)17)8-11(10)18;1-6-2-3-7-4-5;2-1-4-3;;;/h3-6,14-16,20,23H,7-12H2,1-2H3;2-5,10-11,13,16,19-20H,6-8H2,1H3;2-4H2,1H3;1,3H;;;/q;;;;2*+1;-1/p-1/t14?,15-,16+,20+,21+;10?,11-,13+,16+,17+;;;;;/m11...../s1. The van der Waals surface area contributed by atoms with Crippen LogP contribution in [0, 0.1) is 11.8 Å². The van der Waals surface area contributed by atoms with Crippen molar-refractivity contribution in [1.29, 1.82) is 0 Å². The number of phenols is 1. The van der Waals surface area contributed by atoms with Crippen LogP contribution in [-0.2, 0) is 52.3 Å². The molecule has 10 atom stereocenters. The first kappa shape index (κ1) is 51.8. The van der Waals surface area contributed by atoms with Crippen LogP contribution in [-0.4, -0.2) is 149 Å². The number of rotatable bonds is 11. The number of piperidine rings is 2. The Morgan fingerprint density at radius 1 is 0.803 bits per heavy atom. The summed E-state index contributed by atoms with van der Waals surface area (Å²) in [5.74, 6) is 3.07. The molecule has 4 heterocycles. The maximum absolute atomic E-state index is 10.7. The Balaban J connectivity index is 0.000000215. The number of aromatic hydroxyl groups is 1. The van der Waals surface area contributed by atoms with Gasteiger partial charge in [0.15, 0.2) is 29.8 Å². The van der Waals surface area contributed by atoms with Gasteiger partial charge in [-0.2, -0.15) is 0 Å². The normalized spacial score (nSPS) is 31.9. The predicted octanol–water partition coefficient (Wildman–Crippen LogP) is -3.91. The summed E-state index contributed by atoms with van der Waals surface area (Å²) in [5.41, 5.74) is 4.73. The molecule has 4 aliphatic heterocycles. The SMILES string of the molecule is CN1CC[C@]23c4c5ccc(O)c4O[C@H]2[C@@H](O)C=CC3[C@H]1C5.COCCOCCl.COCCOCOc1ccc2c3c1O[C@H]1[C@@H](O)C=CC4[C@@H](C2)N(C)CC[C@@]341.O=CO[O-].[H-].[K+].[K+]. The van der Waals surface area contributed by atoms with Gasteiger partial charge in [0.05, 0.1) is 26.4 Å². The summed E-state index contributed by atoms with van der Waals surface area (Å²) >= 11 is 5.16. The molecular formula is C43H57ClK2N2O13. The van der Waals surface area contributed by atoms with E-state index in [1.807, 2.05) is 24.3 Å². The molecule has 2 fully saturated rings. The molecule has 2 aromatic carbocycles. The third kappa shape index (κ3) is 9.66. The Hall–Kier alpha value is -0.207. The minimum atomic E-state index is -0.594. The van der Waals surface area contributed by atoms with Gasteiger partial charge in [-0.1, -0.05) is 48.0 Å². The quantitative estimate of drug-likeness (QED) is 0.0291. The van der Waals surface area contributed by atoms with Gasteiger partial charge in [-0.15, -0.1) is 0 Å². The van der Waals surface area contributed by atoms with Crippen molar-refractivity contribution in [2.24, 2.45) is 11.8 Å². The first-order valence-electron chi connectivity index (χ1n) is 20.1. The smallest absolute Gasteiger partial charge is 1.00 e. The number of carbonyl (C=O) groups is 1. The molecule has 15 nitrogen and oxygen atoms in total. The maximum Gasteiger partial charge on any atom is 1.00 e. The van der Waals surface area contributed by atoms with Crippen molar-refractivity contribution in [3.05, 3.63) is 70.8 Å². The molecule has 0 aromatic heterocycles. The first-order valence-corrected chi connectivity index (χ1v) is 20.7. The van der Waals surface area contributed by atoms with Crippen molar-refractivity contribution >= 4 is 18.1 Å². The number of aliphatic hydroxyl groups is 2. The van der Waals surface area contributed by atoms with Gasteiger partial charge in [0.1, 0.15) is 30.5 Å². The molecule has 0 amide bonds. The number of likely N-dealkylation sites (tertiary alicyclic amines) is 2. The van der Waals surface area contributed by atoms with Crippen molar-refractivity contribution < 1.29 is 168 Å². The summed E-state index contributed by atoms with van der Waals surface area (Å²) in [6, 6.07) is 9.09. The summed E-state index contributed by atoms with van der Waals surface area (Å²) in [6.07, 6.45) is 10.5. The Bertz CT molecular complexity index is 1860. The Morgan fingerprint density at radius 3 is 1.80 bits per heavy atom. The Kier molecular flexibility index (Phi) is 19.5. The van der Waals surface area contributed by atoms with E-state index in [0.717, 1.165) is 44.5 Å². The summed E-state index contributed by atoms with van der Waals surface area (Å²) < 4.78 is 38.2. The topological polar surface area (TPSA) is 181 Å². The molecule has 10 rings (SSSR count). The molecule has 61 heavy (non-hydrogen) atoms. The average Bonchev–Trinajstić information content (AvgIpc) is 3.79. The fourth-order valence-corrected chi connectivity index (χ4v) is 11.2. The van der Waals surface area contributed by atoms with Gasteiger partial charge in [0.25, 0.3) is 6.47 Å². The molecular weight excluding hydrogens is 866 g/mol. The van der Waals surface area contributed by atoms with E-state index in [1.165, 1.54) is 22.3 Å². The van der Waals surface area contributed by atoms with Gasteiger partial charge >= 0.3 is 103 Å². The van der Waals surface area contributed by atoms with Gasteiger partial charge in [0, 0.05) is 60.1 Å². The predicted molar refractivity (Wildman–Crippen MR) is 214 cm³/mol. The van der Waals surface area contributed by atoms with E-state index in [0.29, 0.717) is 61.8 Å². The van der Waals surface area contributed by atoms with Gasteiger partial charge in [-0.05, 0) is 76.1 Å². The number of ether oxygens (including phenoxy) is 7. The van der Waals surface area contributed by atoms with Crippen LogP contribution >= 0.6 is 11.6 Å². The third-order valence-corrected chi connectivity index (χ3v) is 13.7. The average molecular weight is 924 g/mol. The molecule has 0 saturated carbocycles. The number of benzene rings is 2. The minimum Gasteiger partial charge on any atom is -1.00 e. The van der Waals surface area contributed by atoms with Gasteiger partial charge in [-0.3, -0.25) is 4.79 Å². The van der Waals surface area contributed by atoms with Crippen molar-refractivity contribution in [2.75, 3.05) is 80.7 Å². The van der Waals surface area contributed by atoms with Crippen molar-refractivity contribution in [1.82, 2.24) is 9.80 Å². The number of halogens is 1. The number of hydrogen-bond acceptors (Lipinski definition) is 15. The number of likely N-dealkylation sites (N-methyl/N-ethyl adjacent to an activating group) is 2. The van der Waals surface area contributed by atoms with Crippen molar-refractivity contribution in [3.8, 4) is 23.0 Å². The van der Waals surface area contributed by atoms with Crippen molar-refractivity contribution in [3.63, 3.8) is 0 Å². The summed E-state index contributed by atoms with van der Waals surface area (Å²) in [4.78, 5) is 16.1. The summed E-state index contributed by atoms with van der Waals surface area (Å²) in [6.45, 7) is 4.24. The molecule has 2 unspecified atom stereocenters. The second kappa shape index (κ2) is 23.0. The van der Waals surface area contributed by atoms with Crippen LogP contribution in [0.2, 0.25) is 0 Å². The Labute approximate surface area is 449 Å². The molecule has 3 N–H and O–H groups in total. The van der Waals surface area contributed by atoms with E-state index >= 15 is 0 Å². The molecule has 4 bridgehead atoms. The van der Waals surface area contributed by atoms with Crippen LogP contribution in [0.1, 0.15) is 36.5 Å². The first-order chi connectivity index (χ1) is 28.6. The maximum atomic E-state index is 10.7. The molecule has 18 heteroatoms. The van der Waals surface area contributed by atoms with Crippen LogP contribution in [0.3, 0.4) is 0 Å². The number of aliphatic hydroxyl groups excluding tert-OH is 2. The van der Waals surface area contributed by atoms with E-state index in [-0.39, 0.29) is 152 Å². The fourth-order valence-electron chi connectivity index (χ4n) is 11.1. The zero-order valence-corrected chi connectivity index (χ0v) is 43.0. The van der Waals surface area contributed by atoms with Crippen LogP contribution in [0.15, 0.2) is 48.6 Å². The van der Waals surface area contributed by atoms with Crippen LogP contribution in [0.25, 0.3) is 0 Å².